The molecule has 0 bridgehead atoms. The van der Waals surface area contributed by atoms with E-state index < -0.39 is 105 Å². The third-order valence-electron chi connectivity index (χ3n) is 16.1. The molecule has 14 rings (SSSR count). The van der Waals surface area contributed by atoms with Crippen LogP contribution in [0.1, 0.15) is 149 Å². The first-order chi connectivity index (χ1) is 49.9. The Labute approximate surface area is 524 Å². The molecule has 0 atom stereocenters. The Hall–Kier alpha value is -8.80. The zero-order chi connectivity index (χ0) is 78.7. The number of para-hydroxylation sites is 1. The number of pyridine rings is 1. The van der Waals surface area contributed by atoms with Gasteiger partial charge in [0.15, 0.2) is 0 Å². The average Bonchev–Trinajstić information content (AvgIpc) is 0.854. The van der Waals surface area contributed by atoms with Gasteiger partial charge in [-0.05, 0) is 192 Å². The lowest BCUT2D eigenvalue weighted by molar-refractivity contribution is -0.570. The molecule has 1 aliphatic carbocycles. The highest BCUT2D eigenvalue weighted by Gasteiger charge is 2.38. The largest absolute Gasteiger partial charge is 0.458 e. The van der Waals surface area contributed by atoms with Crippen molar-refractivity contribution >= 4 is 32.8 Å². The molecule has 4 heterocycles. The molecule has 0 spiro atoms. The molecule has 3 aromatic heterocycles. The summed E-state index contributed by atoms with van der Waals surface area (Å²) in [5.74, 6) is 1.29. The summed E-state index contributed by atoms with van der Waals surface area (Å²) >= 11 is 0. The Morgan fingerprint density at radius 2 is 1.19 bits per heavy atom. The van der Waals surface area contributed by atoms with Gasteiger partial charge in [-0.1, -0.05) is 196 Å². The van der Waals surface area contributed by atoms with Crippen LogP contribution in [0.15, 0.2) is 194 Å². The van der Waals surface area contributed by atoms with Crippen molar-refractivity contribution in [2.75, 3.05) is 0 Å². The number of nitrogens with zero attached hydrogens (tertiary/aromatic N) is 4. The van der Waals surface area contributed by atoms with Gasteiger partial charge in [0.05, 0.1) is 37.6 Å². The van der Waals surface area contributed by atoms with E-state index in [1.807, 2.05) is 99.6 Å². The maximum Gasteiger partial charge on any atom is 0.269 e. The maximum absolute atomic E-state index is 10.5. The van der Waals surface area contributed by atoms with Crippen molar-refractivity contribution in [1.29, 1.82) is 0 Å². The van der Waals surface area contributed by atoms with Crippen LogP contribution >= 0.6 is 0 Å². The van der Waals surface area contributed by atoms with Crippen LogP contribution in [0.3, 0.4) is 0 Å². The van der Waals surface area contributed by atoms with Crippen LogP contribution in [0.2, 0.25) is 0 Å². The van der Waals surface area contributed by atoms with Crippen molar-refractivity contribution in [2.45, 2.75) is 117 Å². The molecule has 0 unspecified atom stereocenters. The van der Waals surface area contributed by atoms with E-state index in [9.17, 15) is 9.60 Å². The van der Waals surface area contributed by atoms with Gasteiger partial charge in [0, 0.05) is 53.2 Å². The minimum absolute atomic E-state index is 0.0558. The fraction of sp³-hybridized carbons (Fsp3) is 0.231. The second-order valence-electron chi connectivity index (χ2n) is 23.7. The van der Waals surface area contributed by atoms with E-state index >= 15 is 0 Å². The Morgan fingerprint density at radius 3 is 1.90 bits per heavy atom. The normalized spacial score (nSPS) is 20.9. The van der Waals surface area contributed by atoms with Gasteiger partial charge in [-0.15, -0.1) is 0 Å². The van der Waals surface area contributed by atoms with Crippen LogP contribution in [0.5, 0.6) is 11.5 Å². The van der Waals surface area contributed by atoms with Crippen molar-refractivity contribution in [2.24, 2.45) is 0 Å². The van der Waals surface area contributed by atoms with Gasteiger partial charge >= 0.3 is 0 Å². The van der Waals surface area contributed by atoms with Crippen LogP contribution in [-0.4, -0.2) is 14.1 Å². The zero-order valence-corrected chi connectivity index (χ0v) is 46.4. The van der Waals surface area contributed by atoms with Crippen LogP contribution in [0.25, 0.3) is 106 Å². The quantitative estimate of drug-likeness (QED) is 0.123. The van der Waals surface area contributed by atoms with E-state index in [-0.39, 0.29) is 67.0 Å². The second kappa shape index (κ2) is 18.9. The van der Waals surface area contributed by atoms with Crippen molar-refractivity contribution in [1.82, 2.24) is 14.1 Å². The monoisotopic (exact) mass is 1110 g/mol. The van der Waals surface area contributed by atoms with Gasteiger partial charge < -0.3 is 4.74 Å². The predicted octanol–water partition coefficient (Wildman–Crippen LogP) is 20.2. The number of hydrogen-bond donors (Lipinski definition) is 0. The summed E-state index contributed by atoms with van der Waals surface area (Å²) in [6.07, 6.45) is -3.82. The molecule has 0 saturated carbocycles. The third-order valence-corrected chi connectivity index (χ3v) is 16.1. The molecule has 0 radical (unpaired) electrons. The van der Waals surface area contributed by atoms with Crippen LogP contribution in [0.4, 0.5) is 0 Å². The van der Waals surface area contributed by atoms with Crippen molar-refractivity contribution < 1.29 is 43.6 Å². The molecule has 5 nitrogen and oxygen atoms in total. The van der Waals surface area contributed by atoms with Gasteiger partial charge in [-0.3, -0.25) is 13.7 Å². The highest BCUT2D eigenvalue weighted by Crippen LogP contribution is 2.51. The molecule has 0 N–H and O–H groups in total. The molecule has 0 saturated heterocycles. The molecule has 410 valence electrons. The molecule has 2 aliphatic rings. The summed E-state index contributed by atoms with van der Waals surface area (Å²) in [5, 5.41) is 1.85. The predicted molar refractivity (Wildman–Crippen MR) is 345 cm³/mol. The summed E-state index contributed by atoms with van der Waals surface area (Å²) < 4.78 is 245. The molecule has 0 fully saturated rings. The number of imidazole rings is 1. The third kappa shape index (κ3) is 8.64. The van der Waals surface area contributed by atoms with E-state index in [1.54, 1.807) is 76.0 Å². The van der Waals surface area contributed by atoms with Crippen molar-refractivity contribution in [3.8, 4) is 84.3 Å². The van der Waals surface area contributed by atoms with Gasteiger partial charge in [0.2, 0.25) is 0 Å². The Morgan fingerprint density at radius 1 is 0.554 bits per heavy atom. The SMILES string of the molecule is [2H]c1c([2H])c2c(c([2H])c1-c1cc3c4c(c1)n(-c1cccc(Oc5ccc6c7ccccc7n(-c7cc(C(C)(C)C)ccn7)c6c5)c1)[c-][n+]4-c1c(cc(C(C)(C)C)cc1-c1c(C([2H])([2H])[2H])cccc1C([2H])([2H])[2H])-c1ccccc1-c1ccccc1-3)C(C([2H])([2H])[2H])(C([2H])([2H])[2H])C([2H])([2H])C([2H])([2H])C2(C([2H])([2H])[2H])C([2H])([2H])[2H]. The molecule has 1 aliphatic heterocycles. The summed E-state index contributed by atoms with van der Waals surface area (Å²) in [5.41, 5.74) is -8.15. The molecule has 9 aromatic carbocycles. The molecular formula is C78H72N4O. The minimum atomic E-state index is -4.61. The van der Waals surface area contributed by atoms with Gasteiger partial charge in [-0.2, -0.15) is 0 Å². The first kappa shape index (κ1) is 31.6. The Bertz CT molecular complexity index is 5670. The van der Waals surface area contributed by atoms with Crippen molar-refractivity contribution in [3.63, 3.8) is 0 Å². The number of fused-ring (bicyclic) bond motifs is 11. The Kier molecular flexibility index (Phi) is 7.18. The maximum atomic E-state index is 10.5. The Balaban J connectivity index is 1.16. The number of rotatable bonds is 6. The highest BCUT2D eigenvalue weighted by atomic mass is 16.5. The smallest absolute Gasteiger partial charge is 0.269 e. The lowest BCUT2D eigenvalue weighted by Crippen LogP contribution is -2.33. The molecule has 0 amide bonds. The van der Waals surface area contributed by atoms with E-state index in [4.69, 9.17) is 34.4 Å². The summed E-state index contributed by atoms with van der Waals surface area (Å²) in [4.78, 5) is 4.86. The molecule has 5 heteroatoms. The van der Waals surface area contributed by atoms with Gasteiger partial charge in [-0.25, -0.2) is 4.98 Å². The fourth-order valence-electron chi connectivity index (χ4n) is 11.9. The summed E-state index contributed by atoms with van der Waals surface area (Å²) in [7, 11) is 0. The first-order valence-corrected chi connectivity index (χ1v) is 27.4. The first-order valence-electron chi connectivity index (χ1n) is 39.9. The second-order valence-corrected chi connectivity index (χ2v) is 23.7. The molecular weight excluding hydrogens is 1010 g/mol. The number of benzene rings is 9. The summed E-state index contributed by atoms with van der Waals surface area (Å²) in [6.45, 7) is -11.0. The topological polar surface area (TPSA) is 35.9 Å². The standard InChI is InChI=1S/C78H72N4O/c1-48-21-19-22-49(2)72(48)65-43-53(76(6,7)8)42-64-60-28-16-14-26-58(60)57-25-13-15-27-59(57)63-39-51(50-31-34-66-67(40-50)78(11,12)37-36-77(66,9)10)41-70-74(63)81(73(64)65)47-80(70)54-23-20-24-55(45-54)83-56-32-33-62-61-29-17-18-30-68(61)82(69(62)46-56)71-44-52(35-38-79-71)75(3,4)5/h13-35,38-46H,36-37H2,1-12H3/i1D3,2D3,9D3,10D3,11D3,12D3,31D,34D,36D2,37D2,40D. The molecule has 83 heavy (non-hydrogen) atoms. The van der Waals surface area contributed by atoms with E-state index in [2.05, 4.69) is 31.7 Å². The van der Waals surface area contributed by atoms with Gasteiger partial charge in [0.25, 0.3) is 6.33 Å². The number of hydrogen-bond acceptors (Lipinski definition) is 2. The zero-order valence-electron chi connectivity index (χ0n) is 71.4. The number of aryl methyl sites for hydroxylation is 2. The number of aromatic nitrogens is 4. The van der Waals surface area contributed by atoms with Crippen LogP contribution in [0, 0.1) is 20.0 Å². The minimum Gasteiger partial charge on any atom is -0.458 e. The average molecular weight is 1110 g/mol. The van der Waals surface area contributed by atoms with Crippen LogP contribution in [-0.2, 0) is 21.7 Å². The van der Waals surface area contributed by atoms with E-state index in [1.165, 1.54) is 30.3 Å². The van der Waals surface area contributed by atoms with E-state index in [0.29, 0.717) is 44.9 Å². The lowest BCUT2D eigenvalue weighted by Gasteiger charge is -2.42. The lowest BCUT2D eigenvalue weighted by atomic mass is 9.63. The molecule has 12 aromatic rings. The number of ether oxygens (including phenoxy) is 1. The fourth-order valence-corrected chi connectivity index (χ4v) is 11.9. The summed E-state index contributed by atoms with van der Waals surface area (Å²) in [6, 6.07) is 45.2. The van der Waals surface area contributed by atoms with Crippen molar-refractivity contribution in [3.05, 3.63) is 234 Å². The highest BCUT2D eigenvalue weighted by molar-refractivity contribution is 6.10. The van der Waals surface area contributed by atoms with Crippen LogP contribution < -0.4 is 9.30 Å². The van der Waals surface area contributed by atoms with E-state index in [0.717, 1.165) is 27.4 Å². The van der Waals surface area contributed by atoms with Gasteiger partial charge in [0.1, 0.15) is 17.3 Å².